The van der Waals surface area contributed by atoms with Crippen molar-refractivity contribution >= 4 is 0 Å². The van der Waals surface area contributed by atoms with E-state index in [1.807, 2.05) is 11.9 Å². The van der Waals surface area contributed by atoms with E-state index in [9.17, 15) is 8.78 Å². The first kappa shape index (κ1) is 11.9. The third kappa shape index (κ3) is 4.33. The SMILES string of the molecule is CNCCCCN1CCCC(F)(F)C1. The molecule has 2 nitrogen and oxygen atoms in total. The Labute approximate surface area is 84.7 Å². The van der Waals surface area contributed by atoms with Crippen molar-refractivity contribution in [3.8, 4) is 0 Å². The Morgan fingerprint density at radius 2 is 2.14 bits per heavy atom. The third-order valence-corrected chi connectivity index (χ3v) is 2.62. The van der Waals surface area contributed by atoms with Crippen molar-refractivity contribution in [2.75, 3.05) is 33.2 Å². The molecule has 1 N–H and O–H groups in total. The molecule has 84 valence electrons. The minimum atomic E-state index is -2.44. The molecule has 0 radical (unpaired) electrons. The van der Waals surface area contributed by atoms with Crippen LogP contribution in [0.5, 0.6) is 0 Å². The van der Waals surface area contributed by atoms with Crippen molar-refractivity contribution in [2.24, 2.45) is 0 Å². The Hall–Kier alpha value is -0.220. The van der Waals surface area contributed by atoms with Crippen LogP contribution in [-0.4, -0.2) is 44.0 Å². The Balaban J connectivity index is 2.12. The van der Waals surface area contributed by atoms with Crippen LogP contribution in [0.15, 0.2) is 0 Å². The lowest BCUT2D eigenvalue weighted by Gasteiger charge is -2.32. The Kier molecular flexibility index (Phi) is 4.75. The van der Waals surface area contributed by atoms with E-state index >= 15 is 0 Å². The topological polar surface area (TPSA) is 15.3 Å². The van der Waals surface area contributed by atoms with Gasteiger partial charge in [-0.1, -0.05) is 0 Å². The number of piperidine rings is 1. The summed E-state index contributed by atoms with van der Waals surface area (Å²) in [5.74, 6) is -2.44. The van der Waals surface area contributed by atoms with Crippen molar-refractivity contribution in [1.29, 1.82) is 0 Å². The second kappa shape index (κ2) is 5.61. The van der Waals surface area contributed by atoms with Gasteiger partial charge in [0.2, 0.25) is 0 Å². The lowest BCUT2D eigenvalue weighted by atomic mass is 10.1. The average Bonchev–Trinajstić information content (AvgIpc) is 2.11. The van der Waals surface area contributed by atoms with Crippen molar-refractivity contribution in [2.45, 2.75) is 31.6 Å². The molecule has 0 spiro atoms. The highest BCUT2D eigenvalue weighted by molar-refractivity contribution is 4.78. The highest BCUT2D eigenvalue weighted by atomic mass is 19.3. The van der Waals surface area contributed by atoms with Crippen LogP contribution >= 0.6 is 0 Å². The molecule has 1 rings (SSSR count). The smallest absolute Gasteiger partial charge is 0.260 e. The number of halogens is 2. The first-order chi connectivity index (χ1) is 6.64. The highest BCUT2D eigenvalue weighted by Crippen LogP contribution is 2.26. The summed E-state index contributed by atoms with van der Waals surface area (Å²) in [5, 5.41) is 3.06. The van der Waals surface area contributed by atoms with Crippen molar-refractivity contribution in [1.82, 2.24) is 10.2 Å². The number of likely N-dealkylation sites (tertiary alicyclic amines) is 1. The lowest BCUT2D eigenvalue weighted by molar-refractivity contribution is -0.0640. The summed E-state index contributed by atoms with van der Waals surface area (Å²) >= 11 is 0. The maximum Gasteiger partial charge on any atom is 0.260 e. The van der Waals surface area contributed by atoms with E-state index in [2.05, 4.69) is 5.32 Å². The number of unbranched alkanes of at least 4 members (excludes halogenated alkanes) is 1. The molecule has 0 atom stereocenters. The molecule has 1 aliphatic rings. The molecule has 0 unspecified atom stereocenters. The molecule has 0 bridgehead atoms. The summed E-state index contributed by atoms with van der Waals surface area (Å²) in [7, 11) is 1.91. The van der Waals surface area contributed by atoms with Gasteiger partial charge in [0.25, 0.3) is 5.92 Å². The molecular weight excluding hydrogens is 186 g/mol. The summed E-state index contributed by atoms with van der Waals surface area (Å²) in [6.07, 6.45) is 2.79. The Bertz CT molecular complexity index is 162. The first-order valence-corrected chi connectivity index (χ1v) is 5.39. The summed E-state index contributed by atoms with van der Waals surface area (Å²) in [6, 6.07) is 0. The Morgan fingerprint density at radius 3 is 2.79 bits per heavy atom. The molecule has 0 aliphatic carbocycles. The minimum absolute atomic E-state index is 0.0352. The molecule has 0 aromatic carbocycles. The zero-order valence-corrected chi connectivity index (χ0v) is 8.86. The van der Waals surface area contributed by atoms with Crippen LogP contribution in [0.3, 0.4) is 0 Å². The van der Waals surface area contributed by atoms with E-state index in [1.165, 1.54) is 0 Å². The van der Waals surface area contributed by atoms with Gasteiger partial charge in [0.1, 0.15) is 0 Å². The molecule has 4 heteroatoms. The molecule has 1 fully saturated rings. The standard InChI is InChI=1S/C10H20F2N2/c1-13-6-2-3-7-14-8-4-5-10(11,12)9-14/h13H,2-9H2,1H3. The Morgan fingerprint density at radius 1 is 1.36 bits per heavy atom. The third-order valence-electron chi connectivity index (χ3n) is 2.62. The fraction of sp³-hybridized carbons (Fsp3) is 1.00. The number of hydrogen-bond acceptors (Lipinski definition) is 2. The van der Waals surface area contributed by atoms with Gasteiger partial charge in [0.05, 0.1) is 6.54 Å². The highest BCUT2D eigenvalue weighted by Gasteiger charge is 2.34. The van der Waals surface area contributed by atoms with E-state index in [0.717, 1.165) is 32.5 Å². The maximum absolute atomic E-state index is 13.0. The van der Waals surface area contributed by atoms with E-state index in [1.54, 1.807) is 0 Å². The van der Waals surface area contributed by atoms with Crippen molar-refractivity contribution < 1.29 is 8.78 Å². The van der Waals surface area contributed by atoms with Gasteiger partial charge in [-0.3, -0.25) is 4.90 Å². The van der Waals surface area contributed by atoms with Gasteiger partial charge < -0.3 is 5.32 Å². The number of hydrogen-bond donors (Lipinski definition) is 1. The summed E-state index contributed by atoms with van der Waals surface area (Å²) in [6.45, 7) is 2.60. The molecule has 0 amide bonds. The van der Waals surface area contributed by atoms with E-state index < -0.39 is 5.92 Å². The van der Waals surface area contributed by atoms with Gasteiger partial charge >= 0.3 is 0 Å². The molecule has 1 aliphatic heterocycles. The molecule has 1 heterocycles. The molecule has 0 saturated carbocycles. The summed E-state index contributed by atoms with van der Waals surface area (Å²) in [4.78, 5) is 1.89. The number of nitrogens with zero attached hydrogens (tertiary/aromatic N) is 1. The van der Waals surface area contributed by atoms with Crippen molar-refractivity contribution in [3.63, 3.8) is 0 Å². The van der Waals surface area contributed by atoms with Gasteiger partial charge in [-0.25, -0.2) is 8.78 Å². The van der Waals surface area contributed by atoms with Crippen LogP contribution in [-0.2, 0) is 0 Å². The van der Waals surface area contributed by atoms with Crippen LogP contribution in [0.2, 0.25) is 0 Å². The van der Waals surface area contributed by atoms with Crippen LogP contribution in [0, 0.1) is 0 Å². The van der Waals surface area contributed by atoms with Crippen molar-refractivity contribution in [3.05, 3.63) is 0 Å². The molecule has 0 aromatic heterocycles. The monoisotopic (exact) mass is 206 g/mol. The largest absolute Gasteiger partial charge is 0.320 e. The van der Waals surface area contributed by atoms with E-state index in [0.29, 0.717) is 6.42 Å². The normalized spacial score (nSPS) is 22.5. The molecule has 1 saturated heterocycles. The van der Waals surface area contributed by atoms with E-state index in [4.69, 9.17) is 0 Å². The number of nitrogens with one attached hydrogen (secondary N) is 1. The predicted molar refractivity (Wildman–Crippen MR) is 53.8 cm³/mol. The minimum Gasteiger partial charge on any atom is -0.320 e. The van der Waals surface area contributed by atoms with Gasteiger partial charge in [0.15, 0.2) is 0 Å². The molecule has 14 heavy (non-hydrogen) atoms. The second-order valence-corrected chi connectivity index (χ2v) is 4.05. The van der Waals surface area contributed by atoms with E-state index in [-0.39, 0.29) is 13.0 Å². The quantitative estimate of drug-likeness (QED) is 0.689. The van der Waals surface area contributed by atoms with Crippen LogP contribution in [0.25, 0.3) is 0 Å². The maximum atomic E-state index is 13.0. The zero-order valence-electron chi connectivity index (χ0n) is 8.86. The van der Waals surface area contributed by atoms with Gasteiger partial charge in [-0.15, -0.1) is 0 Å². The summed E-state index contributed by atoms with van der Waals surface area (Å²) in [5.41, 5.74) is 0. The fourth-order valence-corrected chi connectivity index (χ4v) is 1.87. The van der Waals surface area contributed by atoms with Crippen LogP contribution in [0.4, 0.5) is 8.78 Å². The first-order valence-electron chi connectivity index (χ1n) is 5.39. The van der Waals surface area contributed by atoms with Gasteiger partial charge in [-0.05, 0) is 45.9 Å². The number of alkyl halides is 2. The molecule has 0 aromatic rings. The fourth-order valence-electron chi connectivity index (χ4n) is 1.87. The summed E-state index contributed by atoms with van der Waals surface area (Å²) < 4.78 is 26.0. The average molecular weight is 206 g/mol. The second-order valence-electron chi connectivity index (χ2n) is 4.05. The zero-order chi connectivity index (χ0) is 10.4. The molecular formula is C10H20F2N2. The number of rotatable bonds is 5. The van der Waals surface area contributed by atoms with Gasteiger partial charge in [-0.2, -0.15) is 0 Å². The van der Waals surface area contributed by atoms with Crippen LogP contribution in [0.1, 0.15) is 25.7 Å². The van der Waals surface area contributed by atoms with Gasteiger partial charge in [0, 0.05) is 6.42 Å². The van der Waals surface area contributed by atoms with Crippen LogP contribution < -0.4 is 5.32 Å². The predicted octanol–water partition coefficient (Wildman–Crippen LogP) is 1.72. The lowest BCUT2D eigenvalue weighted by Crippen LogP contribution is -2.42.